The first-order valence-corrected chi connectivity index (χ1v) is 10.7. The van der Waals surface area contributed by atoms with Crippen molar-refractivity contribution >= 4 is 17.5 Å². The van der Waals surface area contributed by atoms with E-state index in [9.17, 15) is 9.59 Å². The first kappa shape index (κ1) is 19.6. The highest BCUT2D eigenvalue weighted by Crippen LogP contribution is 2.40. The Morgan fingerprint density at radius 1 is 0.968 bits per heavy atom. The molecule has 0 spiro atoms. The predicted octanol–water partition coefficient (Wildman–Crippen LogP) is 4.30. The van der Waals surface area contributed by atoms with Crippen molar-refractivity contribution in [1.29, 1.82) is 5.26 Å². The third-order valence-corrected chi connectivity index (χ3v) is 6.55. The number of rotatable bonds is 2. The molecule has 0 unspecified atom stereocenters. The Morgan fingerprint density at radius 3 is 2.42 bits per heavy atom. The second-order valence-corrected chi connectivity index (χ2v) is 8.72. The number of aromatic nitrogens is 1. The van der Waals surface area contributed by atoms with Crippen LogP contribution in [0.25, 0.3) is 11.1 Å². The Morgan fingerprint density at radius 2 is 1.71 bits per heavy atom. The number of carbonyl (C=O) groups excluding carboxylic acids is 1. The zero-order valence-corrected chi connectivity index (χ0v) is 17.5. The van der Waals surface area contributed by atoms with Crippen molar-refractivity contribution in [3.8, 4) is 17.2 Å². The quantitative estimate of drug-likeness (QED) is 0.610. The highest BCUT2D eigenvalue weighted by molar-refractivity contribution is 6.30. The molecule has 5 nitrogen and oxygen atoms in total. The molecule has 2 aliphatic rings. The van der Waals surface area contributed by atoms with Gasteiger partial charge in [0.15, 0.2) is 0 Å². The van der Waals surface area contributed by atoms with E-state index < -0.39 is 0 Å². The summed E-state index contributed by atoms with van der Waals surface area (Å²) in [6.45, 7) is 1.81. The molecule has 3 heterocycles. The molecule has 154 valence electrons. The number of hydrogen-bond donors (Lipinski definition) is 0. The molecule has 1 aromatic heterocycles. The van der Waals surface area contributed by atoms with Gasteiger partial charge >= 0.3 is 0 Å². The van der Waals surface area contributed by atoms with Crippen LogP contribution >= 0.6 is 11.6 Å². The molecule has 1 fully saturated rings. The van der Waals surface area contributed by atoms with Gasteiger partial charge in [-0.3, -0.25) is 9.59 Å². The van der Waals surface area contributed by atoms with E-state index >= 15 is 0 Å². The Hall–Kier alpha value is -3.36. The first-order chi connectivity index (χ1) is 15.0. The monoisotopic (exact) mass is 429 g/mol. The molecule has 0 N–H and O–H groups in total. The number of halogens is 1. The Bertz CT molecular complexity index is 1260. The topological polar surface area (TPSA) is 66.1 Å². The van der Waals surface area contributed by atoms with Crippen molar-refractivity contribution in [2.24, 2.45) is 5.92 Å². The first-order valence-electron chi connectivity index (χ1n) is 10.3. The zero-order chi connectivity index (χ0) is 21.5. The number of piperidine rings is 1. The van der Waals surface area contributed by atoms with Gasteiger partial charge in [-0.1, -0.05) is 23.7 Å². The molecule has 1 saturated heterocycles. The highest BCUT2D eigenvalue weighted by atomic mass is 35.5. The van der Waals surface area contributed by atoms with Gasteiger partial charge in [-0.25, -0.2) is 0 Å². The summed E-state index contributed by atoms with van der Waals surface area (Å²) in [6.07, 6.45) is 0.960. The van der Waals surface area contributed by atoms with Gasteiger partial charge in [0, 0.05) is 53.5 Å². The third-order valence-electron chi connectivity index (χ3n) is 6.29. The van der Waals surface area contributed by atoms with Gasteiger partial charge in [0.25, 0.3) is 11.5 Å². The minimum Gasteiger partial charge on any atom is -0.338 e. The lowest BCUT2D eigenvalue weighted by molar-refractivity contribution is 0.0595. The average Bonchev–Trinajstić information content (AvgIpc) is 2.80. The number of benzene rings is 2. The Labute approximate surface area is 185 Å². The maximum atomic E-state index is 13.2. The van der Waals surface area contributed by atoms with E-state index in [2.05, 4.69) is 6.07 Å². The molecule has 1 amide bonds. The highest BCUT2D eigenvalue weighted by Gasteiger charge is 2.38. The number of fused-ring (bicyclic) bond motifs is 4. The van der Waals surface area contributed by atoms with Crippen LogP contribution in [0.1, 0.15) is 34.0 Å². The van der Waals surface area contributed by atoms with Crippen LogP contribution in [-0.2, 0) is 6.54 Å². The van der Waals surface area contributed by atoms with Gasteiger partial charge in [-0.05, 0) is 60.4 Å². The maximum Gasteiger partial charge on any atom is 0.253 e. The van der Waals surface area contributed by atoms with Gasteiger partial charge in [0.05, 0.1) is 11.6 Å². The van der Waals surface area contributed by atoms with Crippen LogP contribution in [0.15, 0.2) is 65.5 Å². The summed E-state index contributed by atoms with van der Waals surface area (Å²) in [4.78, 5) is 27.7. The number of likely N-dealkylation sites (tertiary alicyclic amines) is 1. The second-order valence-electron chi connectivity index (χ2n) is 8.29. The number of nitrogens with zero attached hydrogens (tertiary/aromatic N) is 3. The Kier molecular flexibility index (Phi) is 4.88. The van der Waals surface area contributed by atoms with Gasteiger partial charge in [-0.15, -0.1) is 0 Å². The fourth-order valence-electron chi connectivity index (χ4n) is 4.92. The standard InChI is InChI=1S/C25H20ClN3O2/c26-21-7-5-18(6-8-21)22-9-10-23(30)29-14-17-11-20(24(22)29)15-28(13-17)25(31)19-3-1-16(12-27)2-4-19/h1-10,17,20H,11,13-15H2/t17-,20-/m1/s1. The molecule has 5 rings (SSSR count). The summed E-state index contributed by atoms with van der Waals surface area (Å²) < 4.78 is 1.90. The molecule has 2 atom stereocenters. The molecule has 3 aromatic rings. The van der Waals surface area contributed by atoms with Crippen LogP contribution in [0.5, 0.6) is 0 Å². The smallest absolute Gasteiger partial charge is 0.253 e. The lowest BCUT2D eigenvalue weighted by Gasteiger charge is -2.43. The van der Waals surface area contributed by atoms with Crippen LogP contribution < -0.4 is 5.56 Å². The predicted molar refractivity (Wildman–Crippen MR) is 119 cm³/mol. The summed E-state index contributed by atoms with van der Waals surface area (Å²) in [5.41, 5.74) is 4.17. The van der Waals surface area contributed by atoms with Crippen molar-refractivity contribution in [1.82, 2.24) is 9.47 Å². The summed E-state index contributed by atoms with van der Waals surface area (Å²) in [5, 5.41) is 9.66. The van der Waals surface area contributed by atoms with Gasteiger partial charge < -0.3 is 9.47 Å². The Balaban J connectivity index is 1.51. The normalized spacial score (nSPS) is 19.4. The lowest BCUT2D eigenvalue weighted by atomic mass is 9.80. The zero-order valence-electron chi connectivity index (χ0n) is 16.8. The fourth-order valence-corrected chi connectivity index (χ4v) is 5.05. The average molecular weight is 430 g/mol. The van der Waals surface area contributed by atoms with Crippen LogP contribution in [-0.4, -0.2) is 28.5 Å². The van der Waals surface area contributed by atoms with Gasteiger partial charge in [0.2, 0.25) is 0 Å². The number of hydrogen-bond acceptors (Lipinski definition) is 3. The van der Waals surface area contributed by atoms with Crippen LogP contribution in [0.4, 0.5) is 0 Å². The molecular formula is C25H20ClN3O2. The lowest BCUT2D eigenvalue weighted by Crippen LogP contribution is -2.49. The van der Waals surface area contributed by atoms with E-state index in [-0.39, 0.29) is 23.3 Å². The molecule has 31 heavy (non-hydrogen) atoms. The molecule has 0 saturated carbocycles. The summed E-state index contributed by atoms with van der Waals surface area (Å²) in [5.74, 6) is 0.306. The van der Waals surface area contributed by atoms with E-state index in [1.807, 2.05) is 39.8 Å². The van der Waals surface area contributed by atoms with Crippen LogP contribution in [0.2, 0.25) is 5.02 Å². The largest absolute Gasteiger partial charge is 0.338 e. The summed E-state index contributed by atoms with van der Waals surface area (Å²) >= 11 is 6.07. The minimum atomic E-state index is -0.0287. The van der Waals surface area contributed by atoms with Gasteiger partial charge in [-0.2, -0.15) is 5.26 Å². The molecule has 0 aliphatic carbocycles. The van der Waals surface area contributed by atoms with E-state index in [1.54, 1.807) is 30.3 Å². The van der Waals surface area contributed by atoms with Crippen molar-refractivity contribution in [3.63, 3.8) is 0 Å². The van der Waals surface area contributed by atoms with Crippen LogP contribution in [0, 0.1) is 17.2 Å². The molecule has 2 aromatic carbocycles. The molecule has 2 aliphatic heterocycles. The van der Waals surface area contributed by atoms with E-state index in [1.165, 1.54) is 0 Å². The summed E-state index contributed by atoms with van der Waals surface area (Å²) in [7, 11) is 0. The van der Waals surface area contributed by atoms with E-state index in [0.717, 1.165) is 23.2 Å². The minimum absolute atomic E-state index is 0.00859. The van der Waals surface area contributed by atoms with Gasteiger partial charge in [0.1, 0.15) is 0 Å². The second kappa shape index (κ2) is 7.72. The van der Waals surface area contributed by atoms with Crippen molar-refractivity contribution in [2.45, 2.75) is 18.9 Å². The van der Waals surface area contributed by atoms with E-state index in [0.29, 0.717) is 35.8 Å². The summed E-state index contributed by atoms with van der Waals surface area (Å²) in [6, 6.07) is 20.0. The fraction of sp³-hybridized carbons (Fsp3) is 0.240. The maximum absolute atomic E-state index is 13.2. The van der Waals surface area contributed by atoms with Crippen molar-refractivity contribution in [2.75, 3.05) is 13.1 Å². The number of nitriles is 1. The SMILES string of the molecule is N#Cc1ccc(C(=O)N2C[C@H]3C[C@H](C2)c2c(-c4ccc(Cl)cc4)ccc(=O)n2C3)cc1. The number of pyridine rings is 1. The number of amides is 1. The van der Waals surface area contributed by atoms with Crippen molar-refractivity contribution < 1.29 is 4.79 Å². The van der Waals surface area contributed by atoms with Crippen molar-refractivity contribution in [3.05, 3.63) is 92.9 Å². The third kappa shape index (κ3) is 3.54. The molecule has 0 radical (unpaired) electrons. The molecular weight excluding hydrogens is 410 g/mol. The number of carbonyl (C=O) groups is 1. The molecule has 2 bridgehead atoms. The molecule has 6 heteroatoms. The van der Waals surface area contributed by atoms with E-state index in [4.69, 9.17) is 16.9 Å². The van der Waals surface area contributed by atoms with Crippen LogP contribution in [0.3, 0.4) is 0 Å².